The number of esters is 2. The van der Waals surface area contributed by atoms with Crippen LogP contribution in [-0.2, 0) is 50.9 Å². The van der Waals surface area contributed by atoms with Crippen LogP contribution in [0.1, 0.15) is 96.8 Å². The van der Waals surface area contributed by atoms with Crippen molar-refractivity contribution in [3.63, 3.8) is 0 Å². The van der Waals surface area contributed by atoms with Gasteiger partial charge in [0.25, 0.3) is 0 Å². The van der Waals surface area contributed by atoms with Crippen molar-refractivity contribution in [2.75, 3.05) is 13.2 Å². The molecule has 0 radical (unpaired) electrons. The van der Waals surface area contributed by atoms with Crippen LogP contribution in [0.3, 0.4) is 0 Å². The molecule has 58 heavy (non-hydrogen) atoms. The summed E-state index contributed by atoms with van der Waals surface area (Å²) in [5.41, 5.74) is 0. The molecule has 0 aromatic heterocycles. The Balaban J connectivity index is 2.92. The summed E-state index contributed by atoms with van der Waals surface area (Å²) in [4.78, 5) is 72.1. The number of hydrogen-bond donors (Lipinski definition) is 8. The average molecular weight is 881 g/mol. The second-order valence-corrected chi connectivity index (χ2v) is 16.6. The van der Waals surface area contributed by atoms with Crippen molar-refractivity contribution < 1.29 is 90.6 Å². The van der Waals surface area contributed by atoms with Crippen LogP contribution in [0, 0.1) is 59.7 Å². The minimum Gasteiger partial charge on any atom is -0.456 e. The maximum atomic E-state index is 12.9. The molecule has 19 nitrogen and oxygen atoms in total. The minimum atomic E-state index is -5.62. The van der Waals surface area contributed by atoms with Gasteiger partial charge in [0.1, 0.15) is 43.2 Å². The summed E-state index contributed by atoms with van der Waals surface area (Å²) in [6, 6.07) is 0. The highest BCUT2D eigenvalue weighted by Crippen LogP contribution is 2.51. The average Bonchev–Trinajstić information content (AvgIpc) is 3.14. The van der Waals surface area contributed by atoms with E-state index in [0.717, 1.165) is 25.7 Å². The number of rotatable bonds is 26. The Morgan fingerprint density at radius 1 is 0.603 bits per heavy atom. The van der Waals surface area contributed by atoms with Crippen molar-refractivity contribution in [2.24, 2.45) is 0 Å². The van der Waals surface area contributed by atoms with Crippen molar-refractivity contribution in [3.8, 4) is 59.7 Å². The van der Waals surface area contributed by atoms with Crippen LogP contribution >= 0.6 is 23.5 Å². The zero-order valence-electron chi connectivity index (χ0n) is 31.8. The van der Waals surface area contributed by atoms with E-state index < -0.39 is 91.3 Å². The standard InChI is InChI=1S/C36H51O19P3/c1-3-5-7-9-11-13-14-15-16-17-19-21-23-25-30(38)52-28(26-50-29(37)24-22-20-18-12-10-8-6-4-2)27-51-58(48,49)55-34-31(39)32(40)35(53-56(42,43)44)36(33(34)41)54-57(45,46)47/h2,28,31-36,39-41H,3,5,7,9,11,13-17,19,21,23,25-27H2,1H3,(H,48,49)(H2,42,43,44)(H2,45,46,47)/t28-,31+,32?,33?,34?,35-,36?/m1/s1. The first-order valence-corrected chi connectivity index (χ1v) is 22.9. The molecular formula is C36H51O19P3. The monoisotopic (exact) mass is 880 g/mol. The van der Waals surface area contributed by atoms with Gasteiger partial charge in [0.05, 0.1) is 6.61 Å². The highest BCUT2D eigenvalue weighted by molar-refractivity contribution is 7.47. The molecule has 1 fully saturated rings. The maximum absolute atomic E-state index is 12.9. The third-order valence-corrected chi connectivity index (χ3v) is 10.0. The molecule has 0 saturated heterocycles. The van der Waals surface area contributed by atoms with Gasteiger partial charge in [-0.25, -0.2) is 18.5 Å². The summed E-state index contributed by atoms with van der Waals surface area (Å²) in [5.74, 6) is 17.9. The predicted octanol–water partition coefficient (Wildman–Crippen LogP) is 2.12. The fraction of sp³-hybridized carbons (Fsp3) is 0.667. The van der Waals surface area contributed by atoms with Gasteiger partial charge in [0.2, 0.25) is 0 Å². The third-order valence-electron chi connectivity index (χ3n) is 8.01. The van der Waals surface area contributed by atoms with E-state index in [9.17, 15) is 53.3 Å². The second-order valence-electron chi connectivity index (χ2n) is 12.8. The molecule has 1 saturated carbocycles. The molecule has 22 heteroatoms. The SMILES string of the molecule is C#CC#CC#CC#CC#CC(=O)OC[C@H](COP(=O)(O)OC1C(O)C(OP(=O)(O)O)[C@H](OP(=O)(O)O)C(O)[C@@H]1O)OC(=O)CCCCCCCCCCCCCCC. The first kappa shape index (κ1) is 53.0. The van der Waals surface area contributed by atoms with Crippen molar-refractivity contribution in [2.45, 2.75) is 140 Å². The summed E-state index contributed by atoms with van der Waals surface area (Å²) < 4.78 is 64.3. The van der Waals surface area contributed by atoms with E-state index in [2.05, 4.69) is 57.4 Å². The van der Waals surface area contributed by atoms with E-state index in [1.165, 1.54) is 44.9 Å². The molecule has 324 valence electrons. The van der Waals surface area contributed by atoms with E-state index in [1.54, 1.807) is 0 Å². The number of phosphoric acid groups is 3. The normalized spacial score (nSPS) is 21.7. The number of hydrogen-bond acceptors (Lipinski definition) is 14. The Labute approximate surface area is 338 Å². The first-order chi connectivity index (χ1) is 27.3. The van der Waals surface area contributed by atoms with Gasteiger partial charge >= 0.3 is 35.4 Å². The Morgan fingerprint density at radius 3 is 1.55 bits per heavy atom. The van der Waals surface area contributed by atoms with Crippen LogP contribution in [0.25, 0.3) is 0 Å². The molecule has 1 aliphatic carbocycles. The van der Waals surface area contributed by atoms with Gasteiger partial charge in [-0.05, 0) is 53.8 Å². The minimum absolute atomic E-state index is 0.0746. The zero-order valence-corrected chi connectivity index (χ0v) is 34.5. The highest BCUT2D eigenvalue weighted by atomic mass is 31.2. The van der Waals surface area contributed by atoms with E-state index in [-0.39, 0.29) is 6.42 Å². The number of ether oxygens (including phenoxy) is 2. The smallest absolute Gasteiger partial charge is 0.456 e. The summed E-state index contributed by atoms with van der Waals surface area (Å²) in [6.45, 7) is 0.379. The van der Waals surface area contributed by atoms with Gasteiger partial charge in [-0.2, -0.15) is 0 Å². The van der Waals surface area contributed by atoms with Crippen molar-refractivity contribution >= 4 is 35.4 Å². The van der Waals surface area contributed by atoms with E-state index in [4.69, 9.17) is 34.7 Å². The predicted molar refractivity (Wildman–Crippen MR) is 204 cm³/mol. The van der Waals surface area contributed by atoms with E-state index >= 15 is 0 Å². The van der Waals surface area contributed by atoms with Gasteiger partial charge in [0, 0.05) is 12.3 Å². The molecule has 0 aromatic rings. The molecule has 1 rings (SSSR count). The lowest BCUT2D eigenvalue weighted by Gasteiger charge is -2.44. The second kappa shape index (κ2) is 28.4. The number of aliphatic hydroxyl groups is 3. The molecule has 0 spiro atoms. The number of carbonyl (C=O) groups is 2. The summed E-state index contributed by atoms with van der Waals surface area (Å²) in [7, 11) is -16.7. The van der Waals surface area contributed by atoms with Crippen LogP contribution < -0.4 is 0 Å². The number of phosphoric ester groups is 3. The lowest BCUT2D eigenvalue weighted by atomic mass is 9.85. The number of terminal acetylenes is 1. The molecular weight excluding hydrogens is 829 g/mol. The summed E-state index contributed by atoms with van der Waals surface area (Å²) in [5, 5.41) is 31.6. The fourth-order valence-corrected chi connectivity index (χ4v) is 7.44. The largest absolute Gasteiger partial charge is 0.472 e. The molecule has 0 aromatic carbocycles. The zero-order chi connectivity index (χ0) is 43.6. The lowest BCUT2D eigenvalue weighted by molar-refractivity contribution is -0.213. The molecule has 1 aliphatic rings. The molecule has 8 N–H and O–H groups in total. The molecule has 0 amide bonds. The van der Waals surface area contributed by atoms with Gasteiger partial charge in [-0.3, -0.25) is 22.9 Å². The number of unbranched alkanes of at least 4 members (excludes halogenated alkanes) is 12. The highest BCUT2D eigenvalue weighted by Gasteiger charge is 2.56. The third kappa shape index (κ3) is 24.8. The van der Waals surface area contributed by atoms with E-state index in [1.807, 2.05) is 11.8 Å². The molecule has 0 heterocycles. The van der Waals surface area contributed by atoms with Crippen LogP contribution in [0.15, 0.2) is 0 Å². The Kier molecular flexibility index (Phi) is 26.0. The Morgan fingerprint density at radius 2 is 1.05 bits per heavy atom. The lowest BCUT2D eigenvalue weighted by Crippen LogP contribution is -2.65. The van der Waals surface area contributed by atoms with Crippen molar-refractivity contribution in [1.82, 2.24) is 0 Å². The molecule has 0 bridgehead atoms. The fourth-order valence-electron chi connectivity index (χ4n) is 5.34. The quantitative estimate of drug-likeness (QED) is 0.0203. The van der Waals surface area contributed by atoms with Crippen LogP contribution in [0.2, 0.25) is 0 Å². The maximum Gasteiger partial charge on any atom is 0.472 e. The van der Waals surface area contributed by atoms with Crippen molar-refractivity contribution in [3.05, 3.63) is 0 Å². The number of carbonyl (C=O) groups excluding carboxylic acids is 2. The van der Waals surface area contributed by atoms with Gasteiger partial charge in [-0.1, -0.05) is 84.0 Å². The first-order valence-electron chi connectivity index (χ1n) is 18.3. The van der Waals surface area contributed by atoms with Gasteiger partial charge in [0.15, 0.2) is 6.10 Å². The van der Waals surface area contributed by atoms with Crippen LogP contribution in [0.4, 0.5) is 0 Å². The van der Waals surface area contributed by atoms with Gasteiger partial charge in [-0.15, -0.1) is 6.42 Å². The Hall–Kier alpha value is -3.05. The summed E-state index contributed by atoms with van der Waals surface area (Å²) >= 11 is 0. The Bertz CT molecular complexity index is 1740. The van der Waals surface area contributed by atoms with Crippen LogP contribution in [-0.4, -0.2) is 108 Å². The van der Waals surface area contributed by atoms with E-state index in [0.29, 0.717) is 12.8 Å². The van der Waals surface area contributed by atoms with Crippen molar-refractivity contribution in [1.29, 1.82) is 0 Å². The summed E-state index contributed by atoms with van der Waals surface area (Å²) in [6.07, 6.45) is 2.00. The molecule has 5 unspecified atom stereocenters. The molecule has 0 aliphatic heterocycles. The molecule has 8 atom stereocenters. The topological polar surface area (TPSA) is 303 Å². The van der Waals surface area contributed by atoms with Gasteiger partial charge < -0.3 is 49.3 Å². The number of aliphatic hydroxyl groups excluding tert-OH is 3. The van der Waals surface area contributed by atoms with Crippen LogP contribution in [0.5, 0.6) is 0 Å².